The number of rotatable bonds is 16. The lowest BCUT2D eigenvalue weighted by Crippen LogP contribution is -2.04. The van der Waals surface area contributed by atoms with E-state index in [-0.39, 0.29) is 12.1 Å². The molecule has 0 fully saturated rings. The van der Waals surface area contributed by atoms with Crippen molar-refractivity contribution < 1.29 is 14.6 Å². The molecule has 1 N–H and O–H groups in total. The molecule has 0 aromatic rings. The fraction of sp³-hybridized carbons (Fsp3) is 0.850. The Morgan fingerprint density at radius 3 is 2.35 bits per heavy atom. The van der Waals surface area contributed by atoms with Crippen molar-refractivity contribution in [3.05, 3.63) is 12.2 Å². The van der Waals surface area contributed by atoms with E-state index in [2.05, 4.69) is 19.1 Å². The number of carbonyl (C=O) groups excluding carboxylic acids is 1. The molecule has 0 saturated heterocycles. The maximum absolute atomic E-state index is 11.2. The monoisotopic (exact) mass is 326 g/mol. The molecule has 0 rings (SSSR count). The first-order valence-electron chi connectivity index (χ1n) is 9.69. The van der Waals surface area contributed by atoms with Crippen molar-refractivity contribution in [3.63, 3.8) is 0 Å². The van der Waals surface area contributed by atoms with Crippen LogP contribution >= 0.6 is 0 Å². The predicted octanol–water partition coefficient (Wildman–Crippen LogP) is 5.56. The average Bonchev–Trinajstić information content (AvgIpc) is 2.53. The molecule has 0 radical (unpaired) electrons. The van der Waals surface area contributed by atoms with Gasteiger partial charge in [0, 0.05) is 6.42 Å². The molecule has 0 aromatic carbocycles. The van der Waals surface area contributed by atoms with Gasteiger partial charge in [-0.1, -0.05) is 64.0 Å². The first-order valence-corrected chi connectivity index (χ1v) is 9.69. The predicted molar refractivity (Wildman–Crippen MR) is 97.5 cm³/mol. The van der Waals surface area contributed by atoms with Crippen LogP contribution in [-0.4, -0.2) is 23.8 Å². The molecule has 0 saturated carbocycles. The summed E-state index contributed by atoms with van der Waals surface area (Å²) in [5.41, 5.74) is 0. The minimum absolute atomic E-state index is 0.0710. The Labute approximate surface area is 143 Å². The largest absolute Gasteiger partial charge is 0.466 e. The standard InChI is InChI=1S/C20H38O3/c1-3-5-6-7-10-13-16-19(21)17-14-11-8-9-12-15-18-20(22)23-4-2/h10,13,19,21H,3-9,11-12,14-18H2,1-2H3. The number of ether oxygens (including phenoxy) is 1. The molecule has 0 aliphatic rings. The lowest BCUT2D eigenvalue weighted by molar-refractivity contribution is -0.143. The van der Waals surface area contributed by atoms with Crippen LogP contribution in [0, 0.1) is 0 Å². The van der Waals surface area contributed by atoms with Gasteiger partial charge in [0.25, 0.3) is 0 Å². The zero-order valence-electron chi connectivity index (χ0n) is 15.4. The van der Waals surface area contributed by atoms with Crippen LogP contribution < -0.4 is 0 Å². The first kappa shape index (κ1) is 22.2. The molecular weight excluding hydrogens is 288 g/mol. The topological polar surface area (TPSA) is 46.5 Å². The first-order chi connectivity index (χ1) is 11.2. The number of hydrogen-bond donors (Lipinski definition) is 1. The quantitative estimate of drug-likeness (QED) is 0.229. The van der Waals surface area contributed by atoms with Gasteiger partial charge in [-0.2, -0.15) is 0 Å². The van der Waals surface area contributed by atoms with E-state index in [1.807, 2.05) is 6.92 Å². The van der Waals surface area contributed by atoms with Gasteiger partial charge in [0.15, 0.2) is 0 Å². The number of allylic oxidation sites excluding steroid dienone is 1. The molecular formula is C20H38O3. The van der Waals surface area contributed by atoms with Crippen LogP contribution in [0.25, 0.3) is 0 Å². The minimum Gasteiger partial charge on any atom is -0.466 e. The Bertz CT molecular complexity index is 287. The third kappa shape index (κ3) is 17.4. The number of carbonyl (C=O) groups is 1. The highest BCUT2D eigenvalue weighted by atomic mass is 16.5. The summed E-state index contributed by atoms with van der Waals surface area (Å²) in [6.07, 6.45) is 18.1. The molecule has 136 valence electrons. The van der Waals surface area contributed by atoms with Gasteiger partial charge in [-0.3, -0.25) is 4.79 Å². The van der Waals surface area contributed by atoms with Crippen molar-refractivity contribution in [2.75, 3.05) is 6.61 Å². The average molecular weight is 327 g/mol. The van der Waals surface area contributed by atoms with Crippen LogP contribution in [0.15, 0.2) is 12.2 Å². The number of unbranched alkanes of at least 4 members (excludes halogenated alkanes) is 8. The highest BCUT2D eigenvalue weighted by molar-refractivity contribution is 5.69. The lowest BCUT2D eigenvalue weighted by atomic mass is 10.0. The molecule has 1 atom stereocenters. The summed E-state index contributed by atoms with van der Waals surface area (Å²) in [4.78, 5) is 11.2. The SMILES string of the molecule is CCCCCC=CCC(O)CCCCCCCCC(=O)OCC. The Morgan fingerprint density at radius 1 is 0.957 bits per heavy atom. The van der Waals surface area contributed by atoms with E-state index in [1.54, 1.807) is 0 Å². The zero-order chi connectivity index (χ0) is 17.2. The molecule has 3 heteroatoms. The van der Waals surface area contributed by atoms with Gasteiger partial charge in [0.2, 0.25) is 0 Å². The molecule has 0 heterocycles. The van der Waals surface area contributed by atoms with Gasteiger partial charge in [0.1, 0.15) is 0 Å². The van der Waals surface area contributed by atoms with E-state index in [0.717, 1.165) is 38.5 Å². The second-order valence-corrected chi connectivity index (χ2v) is 6.32. The van der Waals surface area contributed by atoms with Crippen molar-refractivity contribution in [1.29, 1.82) is 0 Å². The van der Waals surface area contributed by atoms with Crippen LogP contribution in [-0.2, 0) is 9.53 Å². The van der Waals surface area contributed by atoms with Gasteiger partial charge in [-0.15, -0.1) is 0 Å². The molecule has 1 unspecified atom stereocenters. The molecule has 3 nitrogen and oxygen atoms in total. The number of aliphatic hydroxyl groups is 1. The van der Waals surface area contributed by atoms with Gasteiger partial charge in [0.05, 0.1) is 12.7 Å². The van der Waals surface area contributed by atoms with Crippen LogP contribution in [0.3, 0.4) is 0 Å². The summed E-state index contributed by atoms with van der Waals surface area (Å²) in [6.45, 7) is 4.54. The van der Waals surface area contributed by atoms with Crippen molar-refractivity contribution in [2.45, 2.75) is 103 Å². The van der Waals surface area contributed by atoms with Crippen LogP contribution in [0.2, 0.25) is 0 Å². The molecule has 0 aliphatic heterocycles. The second kappa shape index (κ2) is 17.5. The van der Waals surface area contributed by atoms with E-state index in [0.29, 0.717) is 13.0 Å². The Kier molecular flexibility index (Phi) is 16.9. The minimum atomic E-state index is -0.179. The normalized spacial score (nSPS) is 12.7. The highest BCUT2D eigenvalue weighted by Gasteiger charge is 2.02. The Morgan fingerprint density at radius 2 is 1.65 bits per heavy atom. The van der Waals surface area contributed by atoms with Crippen molar-refractivity contribution in [2.24, 2.45) is 0 Å². The Balaban J connectivity index is 3.29. The number of hydrogen-bond acceptors (Lipinski definition) is 3. The fourth-order valence-electron chi connectivity index (χ4n) is 2.59. The molecule has 0 bridgehead atoms. The van der Waals surface area contributed by atoms with Gasteiger partial charge >= 0.3 is 5.97 Å². The van der Waals surface area contributed by atoms with E-state index in [1.165, 1.54) is 38.5 Å². The summed E-state index contributed by atoms with van der Waals surface area (Å²) in [5, 5.41) is 9.90. The summed E-state index contributed by atoms with van der Waals surface area (Å²) in [5.74, 6) is -0.0710. The van der Waals surface area contributed by atoms with Crippen molar-refractivity contribution >= 4 is 5.97 Å². The third-order valence-electron chi connectivity index (χ3n) is 4.02. The fourth-order valence-corrected chi connectivity index (χ4v) is 2.59. The molecule has 0 spiro atoms. The van der Waals surface area contributed by atoms with Gasteiger partial charge in [-0.25, -0.2) is 0 Å². The maximum atomic E-state index is 11.2. The lowest BCUT2D eigenvalue weighted by Gasteiger charge is -2.07. The van der Waals surface area contributed by atoms with Crippen molar-refractivity contribution in [1.82, 2.24) is 0 Å². The van der Waals surface area contributed by atoms with Crippen LogP contribution in [0.4, 0.5) is 0 Å². The summed E-state index contributed by atoms with van der Waals surface area (Å²) in [7, 11) is 0. The van der Waals surface area contributed by atoms with E-state index >= 15 is 0 Å². The van der Waals surface area contributed by atoms with E-state index in [4.69, 9.17) is 4.74 Å². The number of aliphatic hydroxyl groups excluding tert-OH is 1. The molecule has 0 amide bonds. The Hall–Kier alpha value is -0.830. The van der Waals surface area contributed by atoms with Crippen LogP contribution in [0.1, 0.15) is 97.3 Å². The van der Waals surface area contributed by atoms with Gasteiger partial charge in [-0.05, 0) is 39.0 Å². The summed E-state index contributed by atoms with van der Waals surface area (Å²) < 4.78 is 4.90. The van der Waals surface area contributed by atoms with Gasteiger partial charge < -0.3 is 9.84 Å². The second-order valence-electron chi connectivity index (χ2n) is 6.32. The summed E-state index contributed by atoms with van der Waals surface area (Å²) in [6, 6.07) is 0. The third-order valence-corrected chi connectivity index (χ3v) is 4.02. The zero-order valence-corrected chi connectivity index (χ0v) is 15.4. The number of esters is 1. The molecule has 0 aliphatic carbocycles. The molecule has 0 aromatic heterocycles. The highest BCUT2D eigenvalue weighted by Crippen LogP contribution is 2.12. The van der Waals surface area contributed by atoms with Crippen LogP contribution in [0.5, 0.6) is 0 Å². The van der Waals surface area contributed by atoms with E-state index < -0.39 is 0 Å². The van der Waals surface area contributed by atoms with E-state index in [9.17, 15) is 9.90 Å². The smallest absolute Gasteiger partial charge is 0.305 e. The maximum Gasteiger partial charge on any atom is 0.305 e. The summed E-state index contributed by atoms with van der Waals surface area (Å²) >= 11 is 0. The molecule has 23 heavy (non-hydrogen) atoms. The van der Waals surface area contributed by atoms with Crippen molar-refractivity contribution in [3.8, 4) is 0 Å².